The molecule has 0 aromatic carbocycles. The smallest absolute Gasteiger partial charge is 0.222 e. The lowest BCUT2D eigenvalue weighted by Crippen LogP contribution is -2.30. The van der Waals surface area contributed by atoms with Crippen LogP contribution in [0.4, 0.5) is 0 Å². The number of ether oxygens (including phenoxy) is 3. The SMILES string of the molecule is COCCC(=O)NCCOCCC(=O)NCCOCCC(=O)C(C)C. The minimum Gasteiger partial charge on any atom is -0.384 e. The fourth-order valence-corrected chi connectivity index (χ4v) is 1.73. The zero-order chi connectivity index (χ0) is 18.9. The molecule has 2 N–H and O–H groups in total. The van der Waals surface area contributed by atoms with Crippen LogP contribution in [0.15, 0.2) is 0 Å². The van der Waals surface area contributed by atoms with Gasteiger partial charge in [0.2, 0.25) is 11.8 Å². The van der Waals surface area contributed by atoms with Gasteiger partial charge in [-0.05, 0) is 0 Å². The molecule has 0 saturated heterocycles. The first-order valence-corrected chi connectivity index (χ1v) is 8.68. The minimum atomic E-state index is -0.119. The number of amides is 2. The molecule has 2 amide bonds. The highest BCUT2D eigenvalue weighted by Gasteiger charge is 2.06. The molecule has 0 aliphatic heterocycles. The maximum absolute atomic E-state index is 11.5. The van der Waals surface area contributed by atoms with Crippen molar-refractivity contribution in [3.05, 3.63) is 0 Å². The average Bonchev–Trinajstić information content (AvgIpc) is 2.58. The average molecular weight is 360 g/mol. The van der Waals surface area contributed by atoms with Crippen LogP contribution in [0.5, 0.6) is 0 Å². The second kappa shape index (κ2) is 16.0. The van der Waals surface area contributed by atoms with Crippen molar-refractivity contribution in [1.29, 1.82) is 0 Å². The van der Waals surface area contributed by atoms with E-state index in [-0.39, 0.29) is 29.9 Å². The van der Waals surface area contributed by atoms with Gasteiger partial charge in [-0.3, -0.25) is 14.4 Å². The summed E-state index contributed by atoms with van der Waals surface area (Å²) in [4.78, 5) is 34.2. The van der Waals surface area contributed by atoms with Gasteiger partial charge in [-0.2, -0.15) is 0 Å². The second-order valence-corrected chi connectivity index (χ2v) is 5.79. The van der Waals surface area contributed by atoms with Crippen LogP contribution in [0.3, 0.4) is 0 Å². The van der Waals surface area contributed by atoms with Crippen molar-refractivity contribution >= 4 is 17.6 Å². The molecule has 8 nitrogen and oxygen atoms in total. The van der Waals surface area contributed by atoms with Crippen LogP contribution in [0.1, 0.15) is 33.1 Å². The van der Waals surface area contributed by atoms with Gasteiger partial charge >= 0.3 is 0 Å². The molecule has 0 radical (unpaired) electrons. The maximum Gasteiger partial charge on any atom is 0.222 e. The second-order valence-electron chi connectivity index (χ2n) is 5.79. The number of hydrogen-bond acceptors (Lipinski definition) is 6. The molecule has 0 aromatic rings. The van der Waals surface area contributed by atoms with E-state index < -0.39 is 0 Å². The molecule has 0 heterocycles. The molecule has 0 atom stereocenters. The molecule has 0 saturated carbocycles. The van der Waals surface area contributed by atoms with Gasteiger partial charge in [-0.25, -0.2) is 0 Å². The van der Waals surface area contributed by atoms with Crippen molar-refractivity contribution in [3.8, 4) is 0 Å². The Morgan fingerprint density at radius 1 is 0.760 bits per heavy atom. The molecule has 0 aliphatic rings. The Morgan fingerprint density at radius 2 is 1.24 bits per heavy atom. The molecular weight excluding hydrogens is 328 g/mol. The van der Waals surface area contributed by atoms with E-state index in [1.165, 1.54) is 0 Å². The summed E-state index contributed by atoms with van der Waals surface area (Å²) >= 11 is 0. The van der Waals surface area contributed by atoms with Crippen LogP contribution in [-0.2, 0) is 28.6 Å². The van der Waals surface area contributed by atoms with Gasteiger partial charge in [-0.1, -0.05) is 13.8 Å². The number of Topliss-reactive ketones (excluding diaryl/α,β-unsaturated/α-hetero) is 1. The molecule has 8 heteroatoms. The summed E-state index contributed by atoms with van der Waals surface area (Å²) in [6, 6.07) is 0. The third-order valence-electron chi connectivity index (χ3n) is 3.28. The van der Waals surface area contributed by atoms with Gasteiger partial charge in [0.25, 0.3) is 0 Å². The first-order valence-electron chi connectivity index (χ1n) is 8.68. The highest BCUT2D eigenvalue weighted by Crippen LogP contribution is 1.98. The van der Waals surface area contributed by atoms with E-state index in [9.17, 15) is 14.4 Å². The Labute approximate surface area is 150 Å². The Bertz CT molecular complexity index is 387. The van der Waals surface area contributed by atoms with Crippen molar-refractivity contribution < 1.29 is 28.6 Å². The molecule has 146 valence electrons. The molecule has 0 aliphatic carbocycles. The van der Waals surface area contributed by atoms with Gasteiger partial charge in [0.15, 0.2) is 0 Å². The normalized spacial score (nSPS) is 10.7. The summed E-state index contributed by atoms with van der Waals surface area (Å²) in [6.45, 7) is 6.35. The summed E-state index contributed by atoms with van der Waals surface area (Å²) in [6.07, 6.45) is 0.984. The predicted octanol–water partition coefficient (Wildman–Crippen LogP) is 0.294. The van der Waals surface area contributed by atoms with E-state index >= 15 is 0 Å². The molecule has 0 fully saturated rings. The van der Waals surface area contributed by atoms with Crippen molar-refractivity contribution in [1.82, 2.24) is 10.6 Å². The lowest BCUT2D eigenvalue weighted by Gasteiger charge is -2.08. The predicted molar refractivity (Wildman–Crippen MR) is 93.2 cm³/mol. The fourth-order valence-electron chi connectivity index (χ4n) is 1.73. The van der Waals surface area contributed by atoms with Crippen LogP contribution in [0.25, 0.3) is 0 Å². The molecule has 0 aromatic heterocycles. The van der Waals surface area contributed by atoms with Crippen LogP contribution in [-0.4, -0.2) is 70.8 Å². The fraction of sp³-hybridized carbons (Fsp3) is 0.824. The molecular formula is C17H32N2O6. The standard InChI is InChI=1S/C17H32N2O6/c1-14(2)15(20)4-10-24-12-7-19-17(22)6-11-25-13-8-18-16(21)5-9-23-3/h14H,4-13H2,1-3H3,(H,18,21)(H,19,22). The van der Waals surface area contributed by atoms with Gasteiger partial charge in [-0.15, -0.1) is 0 Å². The highest BCUT2D eigenvalue weighted by molar-refractivity contribution is 5.80. The first-order chi connectivity index (χ1) is 12.0. The monoisotopic (exact) mass is 360 g/mol. The topological polar surface area (TPSA) is 103 Å². The molecule has 0 spiro atoms. The van der Waals surface area contributed by atoms with Gasteiger partial charge in [0.05, 0.1) is 33.0 Å². The number of rotatable bonds is 16. The van der Waals surface area contributed by atoms with Crippen LogP contribution in [0, 0.1) is 5.92 Å². The lowest BCUT2D eigenvalue weighted by atomic mass is 10.1. The van der Waals surface area contributed by atoms with Crippen LogP contribution >= 0.6 is 0 Å². The number of carbonyl (C=O) groups excluding carboxylic acids is 3. The summed E-state index contributed by atoms with van der Waals surface area (Å²) in [5.41, 5.74) is 0. The van der Waals surface area contributed by atoms with E-state index in [1.54, 1.807) is 7.11 Å². The van der Waals surface area contributed by atoms with Gasteiger partial charge in [0.1, 0.15) is 5.78 Å². The summed E-state index contributed by atoms with van der Waals surface area (Å²) in [5.74, 6) is 0.00215. The van der Waals surface area contributed by atoms with E-state index in [2.05, 4.69) is 10.6 Å². The Hall–Kier alpha value is -1.51. The number of nitrogens with one attached hydrogen (secondary N) is 2. The summed E-state index contributed by atoms with van der Waals surface area (Å²) in [7, 11) is 1.54. The Balaban J connectivity index is 3.36. The van der Waals surface area contributed by atoms with Crippen molar-refractivity contribution in [2.24, 2.45) is 5.92 Å². The number of carbonyl (C=O) groups is 3. The van der Waals surface area contributed by atoms with Gasteiger partial charge < -0.3 is 24.8 Å². The molecule has 25 heavy (non-hydrogen) atoms. The largest absolute Gasteiger partial charge is 0.384 e. The lowest BCUT2D eigenvalue weighted by molar-refractivity contribution is -0.124. The zero-order valence-corrected chi connectivity index (χ0v) is 15.6. The van der Waals surface area contributed by atoms with E-state index in [0.717, 1.165) is 0 Å². The van der Waals surface area contributed by atoms with E-state index in [1.807, 2.05) is 13.8 Å². The molecule has 0 rings (SSSR count). The molecule has 0 unspecified atom stereocenters. The van der Waals surface area contributed by atoms with Crippen molar-refractivity contribution in [2.75, 3.05) is 53.2 Å². The van der Waals surface area contributed by atoms with E-state index in [4.69, 9.17) is 14.2 Å². The van der Waals surface area contributed by atoms with Crippen molar-refractivity contribution in [2.45, 2.75) is 33.1 Å². The third kappa shape index (κ3) is 15.7. The highest BCUT2D eigenvalue weighted by atomic mass is 16.5. The maximum atomic E-state index is 11.5. The van der Waals surface area contributed by atoms with Crippen LogP contribution in [0.2, 0.25) is 0 Å². The van der Waals surface area contributed by atoms with Crippen LogP contribution < -0.4 is 10.6 Å². The number of ketones is 1. The van der Waals surface area contributed by atoms with E-state index in [0.29, 0.717) is 59.0 Å². The van der Waals surface area contributed by atoms with Gasteiger partial charge in [0, 0.05) is 45.4 Å². The number of hydrogen-bond donors (Lipinski definition) is 2. The number of methoxy groups -OCH3 is 1. The summed E-state index contributed by atoms with van der Waals surface area (Å²) in [5, 5.41) is 5.40. The van der Waals surface area contributed by atoms with Crippen molar-refractivity contribution in [3.63, 3.8) is 0 Å². The Morgan fingerprint density at radius 3 is 1.72 bits per heavy atom. The summed E-state index contributed by atoms with van der Waals surface area (Å²) < 4.78 is 15.4. The quantitative estimate of drug-likeness (QED) is 0.384. The molecule has 0 bridgehead atoms. The third-order valence-corrected chi connectivity index (χ3v) is 3.28. The minimum absolute atomic E-state index is 0.0296. The zero-order valence-electron chi connectivity index (χ0n) is 15.6. The Kier molecular flexibility index (Phi) is 15.0. The first kappa shape index (κ1) is 23.5.